The van der Waals surface area contributed by atoms with Crippen molar-refractivity contribution >= 4 is 17.7 Å². The standard InChI is InChI=1S/C13H23N5O/c1-5-6-15-13-16-7-9(4)12(18-13)17-10(8(2)3)11(14)19/h7-8,10H,5-6H2,1-4H3,(H2,14,19)(H2,15,16,17,18). The molecule has 0 bridgehead atoms. The van der Waals surface area contributed by atoms with E-state index in [0.717, 1.165) is 18.5 Å². The van der Waals surface area contributed by atoms with E-state index < -0.39 is 6.04 Å². The van der Waals surface area contributed by atoms with Gasteiger partial charge >= 0.3 is 0 Å². The van der Waals surface area contributed by atoms with Crippen molar-refractivity contribution in [2.45, 2.75) is 40.2 Å². The molecule has 0 aromatic carbocycles. The van der Waals surface area contributed by atoms with Crippen molar-refractivity contribution < 1.29 is 4.79 Å². The second-order valence-corrected chi connectivity index (χ2v) is 4.92. The van der Waals surface area contributed by atoms with Crippen molar-refractivity contribution in [1.29, 1.82) is 0 Å². The van der Waals surface area contributed by atoms with Crippen molar-refractivity contribution in [2.75, 3.05) is 17.2 Å². The van der Waals surface area contributed by atoms with Crippen molar-refractivity contribution in [1.82, 2.24) is 9.97 Å². The average Bonchev–Trinajstić information content (AvgIpc) is 2.35. The maximum absolute atomic E-state index is 11.4. The maximum atomic E-state index is 11.4. The molecular formula is C13H23N5O. The Balaban J connectivity index is 2.89. The molecule has 0 saturated carbocycles. The first-order valence-electron chi connectivity index (χ1n) is 6.59. The third-order valence-corrected chi connectivity index (χ3v) is 2.77. The van der Waals surface area contributed by atoms with Gasteiger partial charge in [-0.25, -0.2) is 4.98 Å². The van der Waals surface area contributed by atoms with Gasteiger partial charge in [-0.1, -0.05) is 20.8 Å². The van der Waals surface area contributed by atoms with Crippen molar-refractivity contribution in [2.24, 2.45) is 11.7 Å². The Kier molecular flexibility index (Phi) is 5.54. The van der Waals surface area contributed by atoms with Crippen LogP contribution in [0.5, 0.6) is 0 Å². The van der Waals surface area contributed by atoms with Crippen LogP contribution in [0.2, 0.25) is 0 Å². The topological polar surface area (TPSA) is 92.9 Å². The summed E-state index contributed by atoms with van der Waals surface area (Å²) in [7, 11) is 0. The van der Waals surface area contributed by atoms with E-state index in [1.165, 1.54) is 0 Å². The Morgan fingerprint density at radius 2 is 2.16 bits per heavy atom. The van der Waals surface area contributed by atoms with Gasteiger partial charge in [-0.3, -0.25) is 4.79 Å². The summed E-state index contributed by atoms with van der Waals surface area (Å²) in [5, 5.41) is 6.21. The lowest BCUT2D eigenvalue weighted by atomic mass is 10.0. The number of carbonyl (C=O) groups excluding carboxylic acids is 1. The number of aromatic nitrogens is 2. The number of anilines is 2. The summed E-state index contributed by atoms with van der Waals surface area (Å²) in [6.07, 6.45) is 2.72. The van der Waals surface area contributed by atoms with Gasteiger partial charge in [0, 0.05) is 18.3 Å². The molecule has 0 radical (unpaired) electrons. The summed E-state index contributed by atoms with van der Waals surface area (Å²) in [5.74, 6) is 0.919. The molecule has 0 fully saturated rings. The van der Waals surface area contributed by atoms with Gasteiger partial charge in [-0.2, -0.15) is 4.98 Å². The molecule has 106 valence electrons. The van der Waals surface area contributed by atoms with E-state index in [-0.39, 0.29) is 11.8 Å². The Morgan fingerprint density at radius 1 is 1.47 bits per heavy atom. The van der Waals surface area contributed by atoms with Crippen LogP contribution in [0.1, 0.15) is 32.8 Å². The van der Waals surface area contributed by atoms with Crippen LogP contribution < -0.4 is 16.4 Å². The highest BCUT2D eigenvalue weighted by molar-refractivity contribution is 5.83. The third kappa shape index (κ3) is 4.39. The molecule has 0 aliphatic rings. The molecule has 1 unspecified atom stereocenters. The van der Waals surface area contributed by atoms with Gasteiger partial charge in [0.15, 0.2) is 0 Å². The maximum Gasteiger partial charge on any atom is 0.240 e. The van der Waals surface area contributed by atoms with E-state index in [1.54, 1.807) is 6.20 Å². The van der Waals surface area contributed by atoms with E-state index >= 15 is 0 Å². The number of amides is 1. The Hall–Kier alpha value is -1.85. The largest absolute Gasteiger partial charge is 0.368 e. The highest BCUT2D eigenvalue weighted by Crippen LogP contribution is 2.16. The lowest BCUT2D eigenvalue weighted by Gasteiger charge is -2.20. The van der Waals surface area contributed by atoms with Gasteiger partial charge in [0.2, 0.25) is 11.9 Å². The zero-order chi connectivity index (χ0) is 14.4. The Morgan fingerprint density at radius 3 is 2.68 bits per heavy atom. The smallest absolute Gasteiger partial charge is 0.240 e. The molecular weight excluding hydrogens is 242 g/mol. The normalized spacial score (nSPS) is 12.3. The molecule has 6 nitrogen and oxygen atoms in total. The van der Waals surface area contributed by atoms with Gasteiger partial charge in [0.05, 0.1) is 0 Å². The molecule has 19 heavy (non-hydrogen) atoms. The molecule has 0 aliphatic heterocycles. The number of aryl methyl sites for hydroxylation is 1. The molecule has 0 spiro atoms. The summed E-state index contributed by atoms with van der Waals surface area (Å²) in [5.41, 5.74) is 6.28. The minimum Gasteiger partial charge on any atom is -0.368 e. The lowest BCUT2D eigenvalue weighted by molar-refractivity contribution is -0.119. The molecule has 6 heteroatoms. The van der Waals surface area contributed by atoms with Crippen LogP contribution in [0, 0.1) is 12.8 Å². The van der Waals surface area contributed by atoms with Gasteiger partial charge < -0.3 is 16.4 Å². The molecule has 0 aliphatic carbocycles. The summed E-state index contributed by atoms with van der Waals surface area (Å²) in [6, 6.07) is -0.437. The Bertz CT molecular complexity index is 433. The van der Waals surface area contributed by atoms with E-state index in [0.29, 0.717) is 11.8 Å². The lowest BCUT2D eigenvalue weighted by Crippen LogP contribution is -2.40. The number of nitrogens with two attached hydrogens (primary N) is 1. The second kappa shape index (κ2) is 6.92. The van der Waals surface area contributed by atoms with Gasteiger partial charge in [-0.15, -0.1) is 0 Å². The predicted molar refractivity (Wildman–Crippen MR) is 77.0 cm³/mol. The first kappa shape index (κ1) is 15.2. The monoisotopic (exact) mass is 265 g/mol. The van der Waals surface area contributed by atoms with Crippen LogP contribution in [0.3, 0.4) is 0 Å². The minimum absolute atomic E-state index is 0.0962. The minimum atomic E-state index is -0.437. The molecule has 1 heterocycles. The number of rotatable bonds is 7. The average molecular weight is 265 g/mol. The van der Waals surface area contributed by atoms with E-state index in [2.05, 4.69) is 27.5 Å². The van der Waals surface area contributed by atoms with Crippen LogP contribution in [0.4, 0.5) is 11.8 Å². The van der Waals surface area contributed by atoms with Gasteiger partial charge in [0.25, 0.3) is 0 Å². The van der Waals surface area contributed by atoms with Crippen LogP contribution in [-0.2, 0) is 4.79 Å². The summed E-state index contributed by atoms with van der Waals surface area (Å²) < 4.78 is 0. The molecule has 1 rings (SSSR count). The number of nitrogens with one attached hydrogen (secondary N) is 2. The molecule has 1 aromatic heterocycles. The predicted octanol–water partition coefficient (Wildman–Crippen LogP) is 1.53. The third-order valence-electron chi connectivity index (χ3n) is 2.77. The zero-order valence-electron chi connectivity index (χ0n) is 12.0. The summed E-state index contributed by atoms with van der Waals surface area (Å²) >= 11 is 0. The number of primary amides is 1. The van der Waals surface area contributed by atoms with Crippen LogP contribution in [-0.4, -0.2) is 28.5 Å². The fraction of sp³-hybridized carbons (Fsp3) is 0.615. The molecule has 1 amide bonds. The molecule has 1 aromatic rings. The second-order valence-electron chi connectivity index (χ2n) is 4.92. The van der Waals surface area contributed by atoms with Crippen LogP contribution >= 0.6 is 0 Å². The van der Waals surface area contributed by atoms with E-state index in [1.807, 2.05) is 20.8 Å². The van der Waals surface area contributed by atoms with Crippen molar-refractivity contribution in [3.63, 3.8) is 0 Å². The van der Waals surface area contributed by atoms with Crippen molar-refractivity contribution in [3.05, 3.63) is 11.8 Å². The van der Waals surface area contributed by atoms with Gasteiger partial charge in [-0.05, 0) is 19.3 Å². The SMILES string of the molecule is CCCNc1ncc(C)c(NC(C(N)=O)C(C)C)n1. The first-order chi connectivity index (χ1) is 8.95. The number of hydrogen-bond acceptors (Lipinski definition) is 5. The quantitative estimate of drug-likeness (QED) is 0.695. The number of carbonyl (C=O) groups is 1. The van der Waals surface area contributed by atoms with Gasteiger partial charge in [0.1, 0.15) is 11.9 Å². The molecule has 0 saturated heterocycles. The highest BCUT2D eigenvalue weighted by Gasteiger charge is 2.20. The fourth-order valence-corrected chi connectivity index (χ4v) is 1.62. The Labute approximate surface area is 114 Å². The highest BCUT2D eigenvalue weighted by atomic mass is 16.1. The van der Waals surface area contributed by atoms with Crippen LogP contribution in [0.25, 0.3) is 0 Å². The van der Waals surface area contributed by atoms with E-state index in [4.69, 9.17) is 5.73 Å². The first-order valence-corrected chi connectivity index (χ1v) is 6.59. The zero-order valence-corrected chi connectivity index (χ0v) is 12.0. The van der Waals surface area contributed by atoms with Crippen molar-refractivity contribution in [3.8, 4) is 0 Å². The molecule has 1 atom stereocenters. The van der Waals surface area contributed by atoms with E-state index in [9.17, 15) is 4.79 Å². The molecule has 4 N–H and O–H groups in total. The number of nitrogens with zero attached hydrogens (tertiary/aromatic N) is 2. The fourth-order valence-electron chi connectivity index (χ4n) is 1.62. The summed E-state index contributed by atoms with van der Waals surface area (Å²) in [4.78, 5) is 20.0. The van der Waals surface area contributed by atoms with Crippen LogP contribution in [0.15, 0.2) is 6.20 Å². The summed E-state index contributed by atoms with van der Waals surface area (Å²) in [6.45, 7) is 8.66. The number of hydrogen-bond donors (Lipinski definition) is 3.